The Morgan fingerprint density at radius 2 is 1.90 bits per heavy atom. The van der Waals surface area contributed by atoms with Gasteiger partial charge in [-0.3, -0.25) is 4.79 Å². The highest BCUT2D eigenvalue weighted by molar-refractivity contribution is 6.36. The van der Waals surface area contributed by atoms with Crippen molar-refractivity contribution in [1.82, 2.24) is 0 Å². The summed E-state index contributed by atoms with van der Waals surface area (Å²) in [4.78, 5) is 11.0. The predicted octanol–water partition coefficient (Wildman–Crippen LogP) is 4.91. The van der Waals surface area contributed by atoms with Crippen molar-refractivity contribution in [3.05, 3.63) is 62.1 Å². The van der Waals surface area contributed by atoms with Crippen molar-refractivity contribution in [3.63, 3.8) is 0 Å². The summed E-state index contributed by atoms with van der Waals surface area (Å²) in [5, 5.41) is 9.79. The molecule has 0 fully saturated rings. The van der Waals surface area contributed by atoms with Gasteiger partial charge in [0, 0.05) is 15.6 Å². The summed E-state index contributed by atoms with van der Waals surface area (Å²) < 4.78 is 5.57. The summed E-state index contributed by atoms with van der Waals surface area (Å²) in [5.74, 6) is 0.247. The van der Waals surface area contributed by atoms with Crippen LogP contribution >= 0.6 is 34.8 Å². The van der Waals surface area contributed by atoms with Crippen LogP contribution in [0.3, 0.4) is 0 Å². The highest BCUT2D eigenvalue weighted by Crippen LogP contribution is 2.32. The third-order valence-corrected chi connectivity index (χ3v) is 3.57. The van der Waals surface area contributed by atoms with Crippen LogP contribution in [0.2, 0.25) is 15.1 Å². The van der Waals surface area contributed by atoms with Gasteiger partial charge in [-0.05, 0) is 24.3 Å². The fourth-order valence-electron chi connectivity index (χ4n) is 1.70. The van der Waals surface area contributed by atoms with E-state index >= 15 is 0 Å². The molecule has 0 spiro atoms. The first-order valence-electron chi connectivity index (χ1n) is 5.80. The van der Waals surface area contributed by atoms with Crippen molar-refractivity contribution in [3.8, 4) is 11.8 Å². The lowest BCUT2D eigenvalue weighted by molar-refractivity contribution is 0.111. The molecule has 3 nitrogen and oxygen atoms in total. The molecule has 106 valence electrons. The summed E-state index contributed by atoms with van der Waals surface area (Å²) in [6.45, 7) is 0.118. The Hall–Kier alpha value is -1.73. The monoisotopic (exact) mass is 339 g/mol. The van der Waals surface area contributed by atoms with E-state index < -0.39 is 0 Å². The Morgan fingerprint density at radius 3 is 2.52 bits per heavy atom. The minimum Gasteiger partial charge on any atom is -0.487 e. The Kier molecular flexibility index (Phi) is 5.08. The van der Waals surface area contributed by atoms with Crippen LogP contribution in [0.1, 0.15) is 21.5 Å². The summed E-state index contributed by atoms with van der Waals surface area (Å²) in [5.41, 5.74) is 1.40. The van der Waals surface area contributed by atoms with Crippen LogP contribution in [0.5, 0.6) is 5.75 Å². The maximum absolute atomic E-state index is 11.0. The van der Waals surface area contributed by atoms with Crippen molar-refractivity contribution in [1.29, 1.82) is 5.26 Å². The number of benzene rings is 2. The van der Waals surface area contributed by atoms with Crippen LogP contribution in [-0.2, 0) is 6.61 Å². The summed E-state index contributed by atoms with van der Waals surface area (Å²) in [6.07, 6.45) is 0.619. The number of hydrogen-bond donors (Lipinski definition) is 0. The van der Waals surface area contributed by atoms with Crippen LogP contribution in [0, 0.1) is 11.3 Å². The fraction of sp³-hybridized carbons (Fsp3) is 0.0667. The molecular weight excluding hydrogens is 333 g/mol. The van der Waals surface area contributed by atoms with Crippen molar-refractivity contribution in [2.75, 3.05) is 0 Å². The van der Waals surface area contributed by atoms with Crippen LogP contribution in [0.25, 0.3) is 0 Å². The molecule has 2 aromatic carbocycles. The fourth-order valence-corrected chi connectivity index (χ4v) is 2.50. The first kappa shape index (κ1) is 15.7. The molecule has 0 N–H and O–H groups in total. The van der Waals surface area contributed by atoms with Crippen molar-refractivity contribution >= 4 is 41.1 Å². The van der Waals surface area contributed by atoms with E-state index in [-0.39, 0.29) is 22.9 Å². The average molecular weight is 341 g/mol. The van der Waals surface area contributed by atoms with E-state index in [1.165, 1.54) is 12.1 Å². The number of rotatable bonds is 4. The van der Waals surface area contributed by atoms with Crippen molar-refractivity contribution in [2.45, 2.75) is 6.61 Å². The molecule has 0 atom stereocenters. The van der Waals surface area contributed by atoms with Crippen molar-refractivity contribution < 1.29 is 9.53 Å². The summed E-state index contributed by atoms with van der Waals surface area (Å²) in [6, 6.07) is 9.82. The number of nitrogens with zero attached hydrogens (tertiary/aromatic N) is 1. The van der Waals surface area contributed by atoms with E-state index in [0.717, 1.165) is 0 Å². The lowest BCUT2D eigenvalue weighted by atomic mass is 10.1. The molecule has 2 rings (SSSR count). The highest BCUT2D eigenvalue weighted by atomic mass is 35.5. The molecule has 21 heavy (non-hydrogen) atoms. The Morgan fingerprint density at radius 1 is 1.14 bits per heavy atom. The molecule has 0 aliphatic carbocycles. The third kappa shape index (κ3) is 3.68. The number of halogens is 3. The number of carbonyl (C=O) groups excluding carboxylic acids is 1. The largest absolute Gasteiger partial charge is 0.487 e. The number of carbonyl (C=O) groups is 1. The number of nitriles is 1. The number of aldehydes is 1. The topological polar surface area (TPSA) is 50.1 Å². The lowest BCUT2D eigenvalue weighted by Gasteiger charge is -2.12. The van der Waals surface area contributed by atoms with E-state index in [0.29, 0.717) is 27.5 Å². The van der Waals surface area contributed by atoms with Gasteiger partial charge in [-0.2, -0.15) is 5.26 Å². The Bertz CT molecular complexity index is 738. The quantitative estimate of drug-likeness (QED) is 0.743. The van der Waals surface area contributed by atoms with Crippen molar-refractivity contribution in [2.24, 2.45) is 0 Å². The van der Waals surface area contributed by atoms with E-state index in [9.17, 15) is 4.79 Å². The van der Waals surface area contributed by atoms with Gasteiger partial charge in [0.2, 0.25) is 0 Å². The third-order valence-electron chi connectivity index (χ3n) is 2.72. The standard InChI is InChI=1S/C15H8Cl3NO2/c16-12-4-11(7-20)15(14(18)5-12)21-8-10-2-1-9(6-19)3-13(10)17/h1-5,7H,8H2. The van der Waals surface area contributed by atoms with Gasteiger partial charge in [-0.25, -0.2) is 0 Å². The zero-order chi connectivity index (χ0) is 15.4. The average Bonchev–Trinajstić information content (AvgIpc) is 2.46. The summed E-state index contributed by atoms with van der Waals surface area (Å²) >= 11 is 17.9. The van der Waals surface area contributed by atoms with E-state index in [4.69, 9.17) is 44.8 Å². The molecule has 0 saturated heterocycles. The van der Waals surface area contributed by atoms with Gasteiger partial charge in [0.25, 0.3) is 0 Å². The Labute approximate surface area is 136 Å². The number of ether oxygens (including phenoxy) is 1. The second kappa shape index (κ2) is 6.82. The molecule has 0 unspecified atom stereocenters. The zero-order valence-electron chi connectivity index (χ0n) is 10.6. The van der Waals surface area contributed by atoms with Crippen LogP contribution in [0.4, 0.5) is 0 Å². The predicted molar refractivity (Wildman–Crippen MR) is 82.3 cm³/mol. The minimum absolute atomic E-state index is 0.118. The second-order valence-corrected chi connectivity index (χ2v) is 5.38. The smallest absolute Gasteiger partial charge is 0.153 e. The molecule has 0 aliphatic rings. The second-order valence-electron chi connectivity index (χ2n) is 4.13. The highest BCUT2D eigenvalue weighted by Gasteiger charge is 2.11. The molecule has 0 aromatic heterocycles. The first-order valence-corrected chi connectivity index (χ1v) is 6.94. The molecule has 6 heteroatoms. The van der Waals surface area contributed by atoms with E-state index in [1.807, 2.05) is 6.07 Å². The molecular formula is C15H8Cl3NO2. The maximum Gasteiger partial charge on any atom is 0.153 e. The summed E-state index contributed by atoms with van der Waals surface area (Å²) in [7, 11) is 0. The molecule has 0 radical (unpaired) electrons. The van der Waals surface area contributed by atoms with Gasteiger partial charge < -0.3 is 4.74 Å². The normalized spacial score (nSPS) is 10.0. The molecule has 2 aromatic rings. The Balaban J connectivity index is 2.25. The molecule has 0 amide bonds. The minimum atomic E-state index is 0.118. The zero-order valence-corrected chi connectivity index (χ0v) is 12.8. The van der Waals surface area contributed by atoms with E-state index in [1.54, 1.807) is 18.2 Å². The SMILES string of the molecule is N#Cc1ccc(COc2c(Cl)cc(Cl)cc2C=O)c(Cl)c1. The molecule has 0 heterocycles. The first-order chi connectivity index (χ1) is 10.0. The van der Waals surface area contributed by atoms with Gasteiger partial charge in [0.15, 0.2) is 6.29 Å². The van der Waals surface area contributed by atoms with Crippen LogP contribution in [-0.4, -0.2) is 6.29 Å². The lowest BCUT2D eigenvalue weighted by Crippen LogP contribution is -2.00. The van der Waals surface area contributed by atoms with Gasteiger partial charge in [-0.15, -0.1) is 0 Å². The van der Waals surface area contributed by atoms with Gasteiger partial charge in [0.05, 0.1) is 22.2 Å². The number of hydrogen-bond acceptors (Lipinski definition) is 3. The molecule has 0 aliphatic heterocycles. The van der Waals surface area contributed by atoms with E-state index in [2.05, 4.69) is 0 Å². The van der Waals surface area contributed by atoms with Gasteiger partial charge in [0.1, 0.15) is 12.4 Å². The van der Waals surface area contributed by atoms with Gasteiger partial charge in [-0.1, -0.05) is 40.9 Å². The maximum atomic E-state index is 11.0. The van der Waals surface area contributed by atoms with Crippen LogP contribution < -0.4 is 4.74 Å². The van der Waals surface area contributed by atoms with Gasteiger partial charge >= 0.3 is 0 Å². The van der Waals surface area contributed by atoms with Crippen LogP contribution in [0.15, 0.2) is 30.3 Å². The molecule has 0 bridgehead atoms. The molecule has 0 saturated carbocycles.